The minimum Gasteiger partial charge on any atom is -0.508 e. The van der Waals surface area contributed by atoms with Crippen LogP contribution in [0.4, 0.5) is 22.0 Å². The fraction of sp³-hybridized carbons (Fsp3) is 0.0227. The summed E-state index contributed by atoms with van der Waals surface area (Å²) in [6.45, 7) is 22.5. The van der Waals surface area contributed by atoms with E-state index in [0.717, 1.165) is 30.3 Å². The molecule has 0 aliphatic carbocycles. The predicted octanol–water partition coefficient (Wildman–Crippen LogP) is 9.31. The molecule has 0 bridgehead atoms. The van der Waals surface area contributed by atoms with Gasteiger partial charge < -0.3 is 55.1 Å². The summed E-state index contributed by atoms with van der Waals surface area (Å²) in [5.41, 5.74) is -1.20. The number of aromatic carboxylic acids is 4. The number of allylic oxidation sites excluding steroid dienone is 1. The maximum absolute atomic E-state index is 13.5. The zero-order chi connectivity index (χ0) is 50.0. The monoisotopic (exact) mass is 914 g/mol. The smallest absolute Gasteiger partial charge is 0.371 e. The highest BCUT2D eigenvalue weighted by atomic mass is 19.1. The Morgan fingerprint density at radius 1 is 0.492 bits per heavy atom. The lowest BCUT2D eigenvalue weighted by atomic mass is 10.0. The molecule has 4 aromatic carbocycles. The van der Waals surface area contributed by atoms with Crippen molar-refractivity contribution in [1.82, 2.24) is 0 Å². The van der Waals surface area contributed by atoms with E-state index in [-0.39, 0.29) is 57.5 Å². The van der Waals surface area contributed by atoms with E-state index in [4.69, 9.17) is 50.3 Å². The van der Waals surface area contributed by atoms with Crippen molar-refractivity contribution < 1.29 is 101 Å². The van der Waals surface area contributed by atoms with Crippen molar-refractivity contribution in [2.24, 2.45) is 0 Å². The number of aliphatic hydroxyl groups excluding tert-OH is 3. The van der Waals surface area contributed by atoms with Gasteiger partial charge in [0.05, 0.1) is 22.3 Å². The topological polar surface area (TPSA) is 275 Å². The fourth-order valence-electron chi connectivity index (χ4n) is 4.03. The summed E-state index contributed by atoms with van der Waals surface area (Å²) >= 11 is 0. The number of halogens is 5. The van der Waals surface area contributed by atoms with Gasteiger partial charge in [0.2, 0.25) is 5.76 Å². The highest BCUT2D eigenvalue weighted by Gasteiger charge is 2.22. The van der Waals surface area contributed by atoms with E-state index < -0.39 is 93.1 Å². The molecular weight excluding hydrogens is 879 g/mol. The van der Waals surface area contributed by atoms with Crippen molar-refractivity contribution in [1.29, 1.82) is 0 Å². The Kier molecular flexibility index (Phi) is 20.2. The first-order chi connectivity index (χ1) is 30.1. The first-order valence-electron chi connectivity index (χ1n) is 17.0. The molecule has 0 aliphatic rings. The Morgan fingerprint density at radius 3 is 1.51 bits per heavy atom. The van der Waals surface area contributed by atoms with Crippen LogP contribution >= 0.6 is 0 Å². The van der Waals surface area contributed by atoms with Gasteiger partial charge in [-0.25, -0.2) is 45.9 Å². The molecule has 0 saturated carbocycles. The van der Waals surface area contributed by atoms with E-state index in [1.54, 1.807) is 0 Å². The number of hydrogen-bond donors (Lipinski definition) is 8. The molecule has 0 fully saturated rings. The molecule has 0 atom stereocenters. The molecule has 65 heavy (non-hydrogen) atoms. The third-order valence-electron chi connectivity index (χ3n) is 7.28. The van der Waals surface area contributed by atoms with Crippen LogP contribution in [0.25, 0.3) is 0 Å². The van der Waals surface area contributed by atoms with Crippen LogP contribution in [0.1, 0.15) is 47.0 Å². The number of carboxylic acid groups (broad SMARTS) is 5. The highest BCUT2D eigenvalue weighted by molar-refractivity contribution is 5.90. The number of carboxylic acids is 5. The molecule has 0 saturated heterocycles. The molecule has 0 aliphatic heterocycles. The third kappa shape index (κ3) is 17.0. The molecule has 0 aromatic heterocycles. The van der Waals surface area contributed by atoms with Gasteiger partial charge >= 0.3 is 29.8 Å². The van der Waals surface area contributed by atoms with Crippen molar-refractivity contribution in [2.45, 2.75) is 6.42 Å². The molecule has 8 N–H and O–H groups in total. The van der Waals surface area contributed by atoms with E-state index in [1.807, 2.05) is 0 Å². The maximum atomic E-state index is 13.5. The van der Waals surface area contributed by atoms with Crippen LogP contribution in [0.3, 0.4) is 0 Å². The molecule has 0 spiro atoms. The van der Waals surface area contributed by atoms with Crippen molar-refractivity contribution in [3.05, 3.63) is 210 Å². The molecule has 0 radical (unpaired) electrons. The molecule has 4 aromatic rings. The molecule has 0 amide bonds. The van der Waals surface area contributed by atoms with E-state index in [9.17, 15) is 45.9 Å². The van der Waals surface area contributed by atoms with Gasteiger partial charge in [0.1, 0.15) is 34.7 Å². The van der Waals surface area contributed by atoms with Crippen LogP contribution in [0, 0.1) is 29.1 Å². The van der Waals surface area contributed by atoms with Crippen LogP contribution in [0.2, 0.25) is 0 Å². The lowest BCUT2D eigenvalue weighted by Crippen LogP contribution is -2.10. The zero-order valence-electron chi connectivity index (χ0n) is 33.2. The Labute approximate surface area is 363 Å². The quantitative estimate of drug-likeness (QED) is 0.0225. The van der Waals surface area contributed by atoms with Gasteiger partial charge in [-0.05, 0) is 72.3 Å². The molecule has 0 heterocycles. The van der Waals surface area contributed by atoms with E-state index in [2.05, 4.69) is 50.8 Å². The van der Waals surface area contributed by atoms with Gasteiger partial charge in [0, 0.05) is 12.5 Å². The molecule has 342 valence electrons. The summed E-state index contributed by atoms with van der Waals surface area (Å²) in [6, 6.07) is 11.4. The zero-order valence-corrected chi connectivity index (χ0v) is 33.2. The first-order valence-corrected chi connectivity index (χ1v) is 17.0. The molecule has 21 heteroatoms. The minimum absolute atomic E-state index is 0.00671. The van der Waals surface area contributed by atoms with Gasteiger partial charge in [-0.15, -0.1) is 0 Å². The lowest BCUT2D eigenvalue weighted by molar-refractivity contribution is -0.135. The van der Waals surface area contributed by atoms with Crippen LogP contribution in [-0.4, -0.2) is 70.7 Å². The van der Waals surface area contributed by atoms with E-state index in [0.29, 0.717) is 12.1 Å². The second-order valence-electron chi connectivity index (χ2n) is 12.1. The van der Waals surface area contributed by atoms with Crippen molar-refractivity contribution in [3.8, 4) is 17.2 Å². The largest absolute Gasteiger partial charge is 0.508 e. The van der Waals surface area contributed by atoms with Gasteiger partial charge in [-0.2, -0.15) is 0 Å². The van der Waals surface area contributed by atoms with E-state index >= 15 is 0 Å². The average molecular weight is 915 g/mol. The lowest BCUT2D eigenvalue weighted by Gasteiger charge is -2.09. The SMILES string of the molecule is C=C(O)C(=C)Cc1cc(C(=O)O)ccc1F.C=C(O)C(=C)Oc1cc(F)cc(C(=O)O)c1.C=C(O)C(=C)Oc1cccc(C(=O)O)c1F.C=C(Oc1c(F)ccc(C(=O)O)c1F)C(=O)O. The third-order valence-corrected chi connectivity index (χ3v) is 7.28. The maximum Gasteiger partial charge on any atom is 0.371 e. The Bertz CT molecular complexity index is 2590. The van der Waals surface area contributed by atoms with Gasteiger partial charge in [0.15, 0.2) is 40.5 Å². The summed E-state index contributed by atoms with van der Waals surface area (Å²) < 4.78 is 80.4. The second-order valence-corrected chi connectivity index (χ2v) is 12.1. The highest BCUT2D eigenvalue weighted by Crippen LogP contribution is 2.27. The van der Waals surface area contributed by atoms with Crippen molar-refractivity contribution in [2.75, 3.05) is 0 Å². The molecular formula is C44H35F5O16. The molecule has 4 rings (SSSR count). The van der Waals surface area contributed by atoms with E-state index in [1.165, 1.54) is 24.3 Å². The Balaban J connectivity index is 0.000000433. The fourth-order valence-corrected chi connectivity index (χ4v) is 4.03. The number of aliphatic hydroxyl groups is 3. The van der Waals surface area contributed by atoms with Gasteiger partial charge in [0.25, 0.3) is 0 Å². The first kappa shape index (κ1) is 53.9. The summed E-state index contributed by atoms with van der Waals surface area (Å²) in [6.07, 6.45) is 0.0300. The van der Waals surface area contributed by atoms with Crippen molar-refractivity contribution >= 4 is 29.8 Å². The molecule has 0 unspecified atom stereocenters. The number of hydrogen-bond acceptors (Lipinski definition) is 11. The predicted molar refractivity (Wildman–Crippen MR) is 218 cm³/mol. The number of ether oxygens (including phenoxy) is 3. The van der Waals surface area contributed by atoms with Crippen LogP contribution in [0.5, 0.6) is 17.2 Å². The average Bonchev–Trinajstić information content (AvgIpc) is 3.20. The van der Waals surface area contributed by atoms with Gasteiger partial charge in [-0.1, -0.05) is 45.5 Å². The number of aliphatic carboxylic acids is 1. The molecule has 16 nitrogen and oxygen atoms in total. The Morgan fingerprint density at radius 2 is 1.02 bits per heavy atom. The number of carbonyl (C=O) groups is 5. The summed E-state index contributed by atoms with van der Waals surface area (Å²) in [5.74, 6) is -16.1. The summed E-state index contributed by atoms with van der Waals surface area (Å²) in [4.78, 5) is 52.8. The second kappa shape index (κ2) is 24.3. The number of benzene rings is 4. The van der Waals surface area contributed by atoms with Crippen molar-refractivity contribution in [3.63, 3.8) is 0 Å². The number of rotatable bonds is 16. The summed E-state index contributed by atoms with van der Waals surface area (Å²) in [5, 5.41) is 69.8. The standard InChI is InChI=1S/C12H11FO3.2C11H9FO4.C10H6F2O5/c1-7(8(2)14)5-10-6-9(12(15)16)3-4-11(10)13;1-6(13)7(2)16-10-4-8(11(14)15)3-9(12)5-10;1-6(13)7(2)16-9-5-3-4-8(10(9)12)11(14)15;1-4(9(13)14)17-8-6(11)3-2-5(7(8)12)10(15)16/h3-4,6,14H,1-2,5H2,(H,15,16);2*3-5,13H,1-2H2,(H,14,15);2-3H,1H2,(H,13,14)(H,15,16). The normalized spacial score (nSPS) is 9.68. The van der Waals surface area contributed by atoms with Crippen LogP contribution in [-0.2, 0) is 11.2 Å². The minimum atomic E-state index is -1.63. The van der Waals surface area contributed by atoms with Gasteiger partial charge in [-0.3, -0.25) is 0 Å². The Hall–Kier alpha value is -9.14. The van der Waals surface area contributed by atoms with Crippen LogP contribution in [0.15, 0.2) is 153 Å². The summed E-state index contributed by atoms with van der Waals surface area (Å²) in [7, 11) is 0. The van der Waals surface area contributed by atoms with Crippen LogP contribution < -0.4 is 14.2 Å².